The van der Waals surface area contributed by atoms with Crippen molar-refractivity contribution in [2.45, 2.75) is 39.3 Å². The highest BCUT2D eigenvalue weighted by atomic mass is 32.1. The molecule has 0 aliphatic heterocycles. The van der Waals surface area contributed by atoms with Crippen LogP contribution in [0.2, 0.25) is 0 Å². The molecule has 0 amide bonds. The van der Waals surface area contributed by atoms with Crippen molar-refractivity contribution in [1.29, 1.82) is 0 Å². The highest BCUT2D eigenvalue weighted by molar-refractivity contribution is 7.80. The van der Waals surface area contributed by atoms with Crippen LogP contribution in [0.3, 0.4) is 0 Å². The Labute approximate surface area is 81.7 Å². The van der Waals surface area contributed by atoms with E-state index in [1.807, 2.05) is 0 Å². The van der Waals surface area contributed by atoms with E-state index in [0.717, 1.165) is 18.2 Å². The Kier molecular flexibility index (Phi) is 6.90. The van der Waals surface area contributed by atoms with Crippen LogP contribution in [0.1, 0.15) is 27.2 Å². The molecule has 2 nitrogen and oxygen atoms in total. The molecule has 0 aliphatic carbocycles. The number of thiol groups is 1. The average molecular weight is 190 g/mol. The van der Waals surface area contributed by atoms with Crippen molar-refractivity contribution in [2.75, 3.05) is 12.3 Å². The fourth-order valence-electron chi connectivity index (χ4n) is 0.957. The fraction of sp³-hybridized carbons (Fsp3) is 1.00. The second-order valence-electron chi connectivity index (χ2n) is 3.53. The normalized spacial score (nSPS) is 18.8. The molecule has 0 spiro atoms. The van der Waals surface area contributed by atoms with Gasteiger partial charge in [-0.3, -0.25) is 0 Å². The topological polar surface area (TPSA) is 38.0 Å². The molecule has 0 heterocycles. The summed E-state index contributed by atoms with van der Waals surface area (Å²) in [4.78, 5) is 0. The molecule has 0 saturated carbocycles. The third-order valence-electron chi connectivity index (χ3n) is 2.43. The Morgan fingerprint density at radius 3 is 2.42 bits per heavy atom. The molecule has 0 rings (SSSR count). The Morgan fingerprint density at radius 2 is 2.00 bits per heavy atom. The maximum Gasteiger partial charge on any atom is 0.0254 e. The van der Waals surface area contributed by atoms with Crippen LogP contribution in [-0.2, 0) is 0 Å². The van der Waals surface area contributed by atoms with E-state index in [2.05, 4.69) is 38.7 Å². The number of hydrogen-bond donors (Lipinski definition) is 3. The molecule has 0 aromatic carbocycles. The predicted octanol–water partition coefficient (Wildman–Crippen LogP) is 1.27. The molecular weight excluding hydrogens is 168 g/mol. The van der Waals surface area contributed by atoms with Gasteiger partial charge >= 0.3 is 0 Å². The highest BCUT2D eigenvalue weighted by Gasteiger charge is 2.09. The average Bonchev–Trinajstić information content (AvgIpc) is 2.11. The molecular formula is C9H22N2S. The summed E-state index contributed by atoms with van der Waals surface area (Å²) < 4.78 is 0. The molecule has 0 fully saturated rings. The second-order valence-corrected chi connectivity index (χ2v) is 3.89. The summed E-state index contributed by atoms with van der Waals surface area (Å²) in [6, 6.07) is 0.737. The van der Waals surface area contributed by atoms with Gasteiger partial charge in [0, 0.05) is 24.4 Å². The summed E-state index contributed by atoms with van der Waals surface area (Å²) in [6.07, 6.45) is 1.21. The zero-order chi connectivity index (χ0) is 9.56. The van der Waals surface area contributed by atoms with E-state index < -0.39 is 0 Å². The molecule has 0 saturated heterocycles. The standard InChI is InChI=1S/C9H22N2S/c1-4-7(2)8(3)11-5-9(10)6-12/h7-9,11-12H,4-6,10H2,1-3H3/t7-,8-,9+/m0/s1. The smallest absolute Gasteiger partial charge is 0.0254 e. The van der Waals surface area contributed by atoms with Crippen molar-refractivity contribution >= 4 is 12.6 Å². The first-order valence-electron chi connectivity index (χ1n) is 4.71. The molecule has 3 N–H and O–H groups in total. The van der Waals surface area contributed by atoms with E-state index in [-0.39, 0.29) is 6.04 Å². The minimum atomic E-state index is 0.180. The first-order chi connectivity index (χ1) is 5.61. The van der Waals surface area contributed by atoms with Gasteiger partial charge in [0.1, 0.15) is 0 Å². The number of nitrogens with two attached hydrogens (primary N) is 1. The zero-order valence-electron chi connectivity index (χ0n) is 8.38. The van der Waals surface area contributed by atoms with E-state index in [9.17, 15) is 0 Å². The number of nitrogens with one attached hydrogen (secondary N) is 1. The quantitative estimate of drug-likeness (QED) is 0.552. The molecule has 0 aliphatic rings. The first-order valence-corrected chi connectivity index (χ1v) is 5.34. The van der Waals surface area contributed by atoms with Crippen LogP contribution in [0.4, 0.5) is 0 Å². The molecule has 12 heavy (non-hydrogen) atoms. The second kappa shape index (κ2) is 6.75. The maximum atomic E-state index is 5.72. The van der Waals surface area contributed by atoms with Crippen LogP contribution < -0.4 is 11.1 Å². The zero-order valence-corrected chi connectivity index (χ0v) is 9.27. The van der Waals surface area contributed by atoms with E-state index in [1.54, 1.807) is 0 Å². The van der Waals surface area contributed by atoms with E-state index in [4.69, 9.17) is 5.73 Å². The number of hydrogen-bond acceptors (Lipinski definition) is 3. The lowest BCUT2D eigenvalue weighted by Crippen LogP contribution is -2.41. The lowest BCUT2D eigenvalue weighted by atomic mass is 10.0. The summed E-state index contributed by atoms with van der Waals surface area (Å²) in [5.41, 5.74) is 5.72. The van der Waals surface area contributed by atoms with Crippen LogP contribution in [0.15, 0.2) is 0 Å². The van der Waals surface area contributed by atoms with Gasteiger partial charge in [-0.05, 0) is 12.8 Å². The van der Waals surface area contributed by atoms with E-state index in [1.165, 1.54) is 6.42 Å². The Morgan fingerprint density at radius 1 is 1.42 bits per heavy atom. The molecule has 0 bridgehead atoms. The van der Waals surface area contributed by atoms with E-state index in [0.29, 0.717) is 6.04 Å². The summed E-state index contributed by atoms with van der Waals surface area (Å²) in [6.45, 7) is 7.54. The summed E-state index contributed by atoms with van der Waals surface area (Å²) in [5, 5.41) is 3.41. The van der Waals surface area contributed by atoms with Crippen LogP contribution in [0.5, 0.6) is 0 Å². The van der Waals surface area contributed by atoms with Gasteiger partial charge in [-0.1, -0.05) is 20.3 Å². The minimum absolute atomic E-state index is 0.180. The van der Waals surface area contributed by atoms with Crippen molar-refractivity contribution in [3.05, 3.63) is 0 Å². The third kappa shape index (κ3) is 5.01. The maximum absolute atomic E-state index is 5.72. The van der Waals surface area contributed by atoms with Crippen LogP contribution in [-0.4, -0.2) is 24.4 Å². The summed E-state index contributed by atoms with van der Waals surface area (Å²) >= 11 is 4.13. The SMILES string of the molecule is CC[C@H](C)[C@H](C)NC[C@@H](N)CS. The Bertz CT molecular complexity index is 109. The Balaban J connectivity index is 3.49. The summed E-state index contributed by atoms with van der Waals surface area (Å²) in [7, 11) is 0. The van der Waals surface area contributed by atoms with Crippen LogP contribution in [0, 0.1) is 5.92 Å². The van der Waals surface area contributed by atoms with Crippen molar-refractivity contribution in [2.24, 2.45) is 11.7 Å². The molecule has 0 radical (unpaired) electrons. The van der Waals surface area contributed by atoms with Gasteiger partial charge in [0.25, 0.3) is 0 Å². The highest BCUT2D eigenvalue weighted by Crippen LogP contribution is 2.05. The van der Waals surface area contributed by atoms with Gasteiger partial charge in [-0.25, -0.2) is 0 Å². The largest absolute Gasteiger partial charge is 0.326 e. The van der Waals surface area contributed by atoms with Gasteiger partial charge in [-0.15, -0.1) is 0 Å². The van der Waals surface area contributed by atoms with Crippen LogP contribution in [0.25, 0.3) is 0 Å². The van der Waals surface area contributed by atoms with Crippen molar-refractivity contribution in [3.63, 3.8) is 0 Å². The predicted molar refractivity (Wildman–Crippen MR) is 58.7 cm³/mol. The van der Waals surface area contributed by atoms with Gasteiger partial charge in [0.2, 0.25) is 0 Å². The van der Waals surface area contributed by atoms with Gasteiger partial charge in [0.15, 0.2) is 0 Å². The molecule has 74 valence electrons. The van der Waals surface area contributed by atoms with Crippen molar-refractivity contribution in [1.82, 2.24) is 5.32 Å². The van der Waals surface area contributed by atoms with Gasteiger partial charge in [-0.2, -0.15) is 12.6 Å². The van der Waals surface area contributed by atoms with Crippen LogP contribution >= 0.6 is 12.6 Å². The van der Waals surface area contributed by atoms with E-state index >= 15 is 0 Å². The fourth-order valence-corrected chi connectivity index (χ4v) is 1.09. The van der Waals surface area contributed by atoms with Gasteiger partial charge < -0.3 is 11.1 Å². The Hall–Kier alpha value is 0.270. The monoisotopic (exact) mass is 190 g/mol. The minimum Gasteiger partial charge on any atom is -0.326 e. The molecule has 0 unspecified atom stereocenters. The lowest BCUT2D eigenvalue weighted by Gasteiger charge is -2.21. The molecule has 3 heteroatoms. The first kappa shape index (κ1) is 12.3. The lowest BCUT2D eigenvalue weighted by molar-refractivity contribution is 0.384. The van der Waals surface area contributed by atoms with Crippen molar-refractivity contribution < 1.29 is 0 Å². The molecule has 0 aromatic rings. The third-order valence-corrected chi connectivity index (χ3v) is 2.90. The molecule has 0 aromatic heterocycles. The molecule has 3 atom stereocenters. The summed E-state index contributed by atoms with van der Waals surface area (Å²) in [5.74, 6) is 1.47. The number of rotatable bonds is 6. The van der Waals surface area contributed by atoms with Crippen molar-refractivity contribution in [3.8, 4) is 0 Å². The van der Waals surface area contributed by atoms with Gasteiger partial charge in [0.05, 0.1) is 0 Å².